The molecule has 2 rings (SSSR count). The average molecular weight is 535 g/mol. The minimum Gasteiger partial charge on any atom is -0.481 e. The first kappa shape index (κ1) is 31.8. The molecule has 2 saturated heterocycles. The van der Waals surface area contributed by atoms with Gasteiger partial charge in [-0.05, 0) is 64.8 Å². The number of rotatable bonds is 10. The van der Waals surface area contributed by atoms with Gasteiger partial charge in [0.25, 0.3) is 0 Å². The summed E-state index contributed by atoms with van der Waals surface area (Å²) in [6, 6.07) is -0.964. The highest BCUT2D eigenvalue weighted by atomic mass is 16.4. The topological polar surface area (TPSA) is 110 Å². The summed E-state index contributed by atoms with van der Waals surface area (Å²) in [5.41, 5.74) is 0.539. The van der Waals surface area contributed by atoms with Gasteiger partial charge in [-0.25, -0.2) is 0 Å². The van der Waals surface area contributed by atoms with Gasteiger partial charge in [0, 0.05) is 31.8 Å². The van der Waals surface area contributed by atoms with Gasteiger partial charge in [0.2, 0.25) is 17.7 Å². The minimum atomic E-state index is -0.809. The number of nitrogens with one attached hydrogen (secondary N) is 1. The van der Waals surface area contributed by atoms with E-state index in [1.54, 1.807) is 23.8 Å². The number of carboxylic acids is 1. The number of hydrogen-bond acceptors (Lipinski definition) is 5. The average Bonchev–Trinajstić information content (AvgIpc) is 2.88. The molecule has 9 heteroatoms. The molecule has 0 aromatic carbocycles. The Balaban J connectivity index is 2.15. The lowest BCUT2D eigenvalue weighted by Gasteiger charge is -2.39. The summed E-state index contributed by atoms with van der Waals surface area (Å²) in [5.74, 6) is -1.65. The summed E-state index contributed by atoms with van der Waals surface area (Å²) in [5, 5.41) is 12.3. The first-order valence-corrected chi connectivity index (χ1v) is 14.3. The fourth-order valence-corrected chi connectivity index (χ4v) is 5.64. The maximum atomic E-state index is 13.7. The van der Waals surface area contributed by atoms with E-state index in [2.05, 4.69) is 24.1 Å². The van der Waals surface area contributed by atoms with Crippen molar-refractivity contribution in [3.8, 4) is 0 Å². The van der Waals surface area contributed by atoms with Crippen molar-refractivity contribution in [1.29, 1.82) is 0 Å². The van der Waals surface area contributed by atoms with Gasteiger partial charge in [0.05, 0.1) is 18.0 Å². The third-order valence-corrected chi connectivity index (χ3v) is 8.11. The normalized spacial score (nSPS) is 21.5. The number of carbonyl (C=O) groups is 4. The lowest BCUT2D eigenvalue weighted by Crippen LogP contribution is -2.58. The third kappa shape index (κ3) is 8.04. The molecule has 3 amide bonds. The highest BCUT2D eigenvalue weighted by molar-refractivity contribution is 5.93. The van der Waals surface area contributed by atoms with Gasteiger partial charge < -0.3 is 20.2 Å². The van der Waals surface area contributed by atoms with Crippen LogP contribution in [0.3, 0.4) is 0 Å². The van der Waals surface area contributed by atoms with Crippen molar-refractivity contribution in [3.63, 3.8) is 0 Å². The molecule has 38 heavy (non-hydrogen) atoms. The van der Waals surface area contributed by atoms with E-state index in [-0.39, 0.29) is 47.7 Å². The van der Waals surface area contributed by atoms with Crippen LogP contribution in [0.2, 0.25) is 0 Å². The Morgan fingerprint density at radius 3 is 2.03 bits per heavy atom. The molecule has 0 bridgehead atoms. The Kier molecular flexibility index (Phi) is 11.8. The molecule has 9 nitrogen and oxygen atoms in total. The van der Waals surface area contributed by atoms with E-state index in [1.807, 2.05) is 33.8 Å². The van der Waals surface area contributed by atoms with E-state index < -0.39 is 17.9 Å². The van der Waals surface area contributed by atoms with E-state index in [0.29, 0.717) is 31.5 Å². The van der Waals surface area contributed by atoms with Crippen molar-refractivity contribution >= 4 is 23.7 Å². The molecular formula is C29H50N4O5. The van der Waals surface area contributed by atoms with Crippen molar-refractivity contribution < 1.29 is 24.3 Å². The Hall–Kier alpha value is -2.42. The summed E-state index contributed by atoms with van der Waals surface area (Å²) in [6.07, 6.45) is 5.62. The van der Waals surface area contributed by atoms with Crippen LogP contribution in [0.4, 0.5) is 0 Å². The van der Waals surface area contributed by atoms with Gasteiger partial charge >= 0.3 is 5.97 Å². The molecule has 2 N–H and O–H groups in total. The molecule has 0 aromatic rings. The van der Waals surface area contributed by atoms with Crippen LogP contribution in [-0.2, 0) is 19.2 Å². The molecule has 0 aromatic heterocycles. The number of piperidine rings is 2. The van der Waals surface area contributed by atoms with Gasteiger partial charge in [0.15, 0.2) is 0 Å². The van der Waals surface area contributed by atoms with Crippen LogP contribution in [0.25, 0.3) is 0 Å². The van der Waals surface area contributed by atoms with Crippen LogP contribution in [0, 0.1) is 17.8 Å². The van der Waals surface area contributed by atoms with Crippen molar-refractivity contribution in [2.45, 2.75) is 105 Å². The predicted octanol–water partition coefficient (Wildman–Crippen LogP) is 3.14. The number of amides is 3. The second kappa shape index (κ2) is 14.1. The van der Waals surface area contributed by atoms with Gasteiger partial charge in [-0.2, -0.15) is 0 Å². The lowest BCUT2D eigenvalue weighted by atomic mass is 9.94. The Morgan fingerprint density at radius 1 is 0.921 bits per heavy atom. The zero-order chi connectivity index (χ0) is 28.7. The second-order valence-corrected chi connectivity index (χ2v) is 12.0. The van der Waals surface area contributed by atoms with Crippen LogP contribution in [-0.4, -0.2) is 94.3 Å². The standard InChI is InChI=1S/C29H50N4O5/c1-18(2)24(17-21(7)27(35)32-15-12-22(13-16-32)29(37)38)31(8)28(36)25(19(3)4)30-26(34)23-11-9-10-14-33(23)20(5)6/h17-20,22-25H,9-16H2,1-8H3,(H,30,34)(H,37,38)/t23?,24-,25+/m1/s1. The minimum absolute atomic E-state index is 0.0442. The van der Waals surface area contributed by atoms with Crippen molar-refractivity contribution in [1.82, 2.24) is 20.0 Å². The quantitative estimate of drug-likeness (QED) is 0.417. The third-order valence-electron chi connectivity index (χ3n) is 8.11. The maximum absolute atomic E-state index is 13.7. The number of likely N-dealkylation sites (N-methyl/N-ethyl adjacent to an activating group) is 1. The molecule has 2 aliphatic rings. The summed E-state index contributed by atoms with van der Waals surface area (Å²) >= 11 is 0. The number of carbonyl (C=O) groups excluding carboxylic acids is 3. The first-order valence-electron chi connectivity index (χ1n) is 14.3. The first-order chi connectivity index (χ1) is 17.8. The number of nitrogens with zero attached hydrogens (tertiary/aromatic N) is 3. The zero-order valence-corrected chi connectivity index (χ0v) is 24.7. The fraction of sp³-hybridized carbons (Fsp3) is 0.793. The Morgan fingerprint density at radius 2 is 1.53 bits per heavy atom. The van der Waals surface area contributed by atoms with Crippen molar-refractivity contribution in [2.75, 3.05) is 26.7 Å². The molecular weight excluding hydrogens is 484 g/mol. The van der Waals surface area contributed by atoms with Crippen LogP contribution >= 0.6 is 0 Å². The van der Waals surface area contributed by atoms with E-state index in [0.717, 1.165) is 25.8 Å². The number of likely N-dealkylation sites (tertiary alicyclic amines) is 2. The molecule has 0 radical (unpaired) electrons. The molecule has 3 atom stereocenters. The van der Waals surface area contributed by atoms with Crippen LogP contribution in [0.1, 0.15) is 80.6 Å². The van der Waals surface area contributed by atoms with Gasteiger partial charge in [-0.15, -0.1) is 0 Å². The molecule has 0 aliphatic carbocycles. The second-order valence-electron chi connectivity index (χ2n) is 12.0. The van der Waals surface area contributed by atoms with E-state index in [4.69, 9.17) is 0 Å². The van der Waals surface area contributed by atoms with Crippen molar-refractivity contribution in [3.05, 3.63) is 11.6 Å². The van der Waals surface area contributed by atoms with E-state index in [9.17, 15) is 24.3 Å². The van der Waals surface area contributed by atoms with Crippen LogP contribution in [0.5, 0.6) is 0 Å². The van der Waals surface area contributed by atoms with Gasteiger partial charge in [0.1, 0.15) is 6.04 Å². The van der Waals surface area contributed by atoms with Gasteiger partial charge in [-0.3, -0.25) is 24.1 Å². The largest absolute Gasteiger partial charge is 0.481 e. The SMILES string of the molecule is CC(=C[C@H](C(C)C)N(C)C(=O)[C@@H](NC(=O)C1CCCCN1C(C)C)C(C)C)C(=O)N1CCC(C(=O)O)CC1. The van der Waals surface area contributed by atoms with Gasteiger partial charge in [-0.1, -0.05) is 40.2 Å². The molecule has 2 heterocycles. The molecule has 2 fully saturated rings. The molecule has 0 spiro atoms. The predicted molar refractivity (Wildman–Crippen MR) is 148 cm³/mol. The van der Waals surface area contributed by atoms with Crippen LogP contribution < -0.4 is 5.32 Å². The molecule has 216 valence electrons. The van der Waals surface area contributed by atoms with E-state index >= 15 is 0 Å². The molecule has 1 unspecified atom stereocenters. The highest BCUT2D eigenvalue weighted by Crippen LogP contribution is 2.23. The summed E-state index contributed by atoms with van der Waals surface area (Å²) in [4.78, 5) is 57.0. The number of hydrogen-bond donors (Lipinski definition) is 2. The number of aliphatic carboxylic acids is 1. The summed E-state index contributed by atoms with van der Waals surface area (Å²) in [7, 11) is 1.74. The molecule has 0 saturated carbocycles. The van der Waals surface area contributed by atoms with Crippen LogP contribution in [0.15, 0.2) is 11.6 Å². The summed E-state index contributed by atoms with van der Waals surface area (Å²) < 4.78 is 0. The Bertz CT molecular complexity index is 876. The fourth-order valence-electron chi connectivity index (χ4n) is 5.64. The monoisotopic (exact) mass is 534 g/mol. The van der Waals surface area contributed by atoms with Crippen molar-refractivity contribution in [2.24, 2.45) is 17.8 Å². The lowest BCUT2D eigenvalue weighted by molar-refractivity contribution is -0.145. The maximum Gasteiger partial charge on any atom is 0.306 e. The molecule has 2 aliphatic heterocycles. The smallest absolute Gasteiger partial charge is 0.306 e. The Labute approximate surface area is 229 Å². The number of carboxylic acid groups (broad SMARTS) is 1. The zero-order valence-electron chi connectivity index (χ0n) is 24.7. The summed E-state index contributed by atoms with van der Waals surface area (Å²) in [6.45, 7) is 15.6. The van der Waals surface area contributed by atoms with E-state index in [1.165, 1.54) is 0 Å². The highest BCUT2D eigenvalue weighted by Gasteiger charge is 2.36.